The van der Waals surface area contributed by atoms with Gasteiger partial charge < -0.3 is 0 Å². The lowest BCUT2D eigenvalue weighted by molar-refractivity contribution is 0.102. The molecule has 0 spiro atoms. The average molecular weight is 386 g/mol. The number of carbonyl (C=O) groups is 2. The molecule has 28 heavy (non-hydrogen) atoms. The third-order valence-corrected chi connectivity index (χ3v) is 5.49. The van der Waals surface area contributed by atoms with E-state index >= 15 is 0 Å². The van der Waals surface area contributed by atoms with Gasteiger partial charge in [-0.3, -0.25) is 14.9 Å². The van der Waals surface area contributed by atoms with Gasteiger partial charge in [0.05, 0.1) is 10.2 Å². The predicted octanol–water partition coefficient (Wildman–Crippen LogP) is 5.34. The van der Waals surface area contributed by atoms with Gasteiger partial charge in [-0.1, -0.05) is 72.9 Å². The summed E-state index contributed by atoms with van der Waals surface area (Å²) >= 11 is 1.46. The molecule has 0 radical (unpaired) electrons. The van der Waals surface area contributed by atoms with Gasteiger partial charge in [0.25, 0.3) is 5.91 Å². The fourth-order valence-electron chi connectivity index (χ4n) is 3.04. The first kappa shape index (κ1) is 18.1. The third-order valence-electron chi connectivity index (χ3n) is 4.55. The summed E-state index contributed by atoms with van der Waals surface area (Å²) in [6.07, 6.45) is 0.894. The van der Waals surface area contributed by atoms with E-state index in [0.717, 1.165) is 22.2 Å². The zero-order valence-corrected chi connectivity index (χ0v) is 16.1. The van der Waals surface area contributed by atoms with Crippen molar-refractivity contribution in [3.05, 3.63) is 95.1 Å². The first-order valence-electron chi connectivity index (χ1n) is 9.05. The number of rotatable bonds is 5. The Morgan fingerprint density at radius 1 is 0.857 bits per heavy atom. The summed E-state index contributed by atoms with van der Waals surface area (Å²) in [7, 11) is 0. The molecule has 5 heteroatoms. The van der Waals surface area contributed by atoms with E-state index in [2.05, 4.69) is 23.3 Å². The number of hydrogen-bond donors (Lipinski definition) is 1. The lowest BCUT2D eigenvalue weighted by atomic mass is 10.0. The normalized spacial score (nSPS) is 10.8. The zero-order valence-electron chi connectivity index (χ0n) is 15.3. The Morgan fingerprint density at radius 3 is 2.25 bits per heavy atom. The van der Waals surface area contributed by atoms with Crippen molar-refractivity contribution in [3.63, 3.8) is 0 Å². The van der Waals surface area contributed by atoms with Crippen LogP contribution in [0.2, 0.25) is 0 Å². The monoisotopic (exact) mass is 386 g/mol. The molecule has 1 N–H and O–H groups in total. The fourth-order valence-corrected chi connectivity index (χ4v) is 3.95. The third kappa shape index (κ3) is 3.57. The van der Waals surface area contributed by atoms with E-state index in [1.54, 1.807) is 36.4 Å². The highest BCUT2D eigenvalue weighted by molar-refractivity contribution is 7.22. The minimum absolute atomic E-state index is 0.0640. The van der Waals surface area contributed by atoms with Gasteiger partial charge in [0.15, 0.2) is 10.9 Å². The number of fused-ring (bicyclic) bond motifs is 1. The molecule has 0 saturated heterocycles. The Morgan fingerprint density at radius 2 is 1.54 bits per heavy atom. The second kappa shape index (κ2) is 7.74. The fraction of sp³-hybridized carbons (Fsp3) is 0.0870. The van der Waals surface area contributed by atoms with Gasteiger partial charge in [-0.2, -0.15) is 0 Å². The Hall–Kier alpha value is -3.31. The summed E-state index contributed by atoms with van der Waals surface area (Å²) in [6, 6.07) is 21.8. The number of benzene rings is 3. The summed E-state index contributed by atoms with van der Waals surface area (Å²) in [5, 5.41) is 3.44. The standard InChI is InChI=1S/C23H18N2O2S/c1-2-15-9-6-10-19-20(15)24-23(28-19)25-22(27)18-13-11-17(12-14-18)21(26)16-7-4-3-5-8-16/h3-14H,2H2,1H3,(H,24,25,27). The van der Waals surface area contributed by atoms with Crippen molar-refractivity contribution in [2.45, 2.75) is 13.3 Å². The highest BCUT2D eigenvalue weighted by atomic mass is 32.1. The number of hydrogen-bond acceptors (Lipinski definition) is 4. The van der Waals surface area contributed by atoms with Gasteiger partial charge in [0, 0.05) is 16.7 Å². The lowest BCUT2D eigenvalue weighted by Crippen LogP contribution is -2.12. The minimum atomic E-state index is -0.240. The van der Waals surface area contributed by atoms with E-state index in [1.165, 1.54) is 11.3 Å². The summed E-state index contributed by atoms with van der Waals surface area (Å²) < 4.78 is 1.05. The zero-order chi connectivity index (χ0) is 19.5. The maximum absolute atomic E-state index is 12.6. The molecule has 1 amide bonds. The van der Waals surface area contributed by atoms with E-state index < -0.39 is 0 Å². The molecule has 1 aromatic heterocycles. The van der Waals surface area contributed by atoms with E-state index in [4.69, 9.17) is 0 Å². The topological polar surface area (TPSA) is 59.1 Å². The molecular formula is C23H18N2O2S. The van der Waals surface area contributed by atoms with Crippen molar-refractivity contribution in [3.8, 4) is 0 Å². The number of aromatic nitrogens is 1. The second-order valence-corrected chi connectivity index (χ2v) is 7.39. The smallest absolute Gasteiger partial charge is 0.257 e. The van der Waals surface area contributed by atoms with E-state index in [9.17, 15) is 9.59 Å². The molecule has 0 fully saturated rings. The summed E-state index contributed by atoms with van der Waals surface area (Å²) in [5.74, 6) is -0.304. The van der Waals surface area contributed by atoms with E-state index in [-0.39, 0.29) is 11.7 Å². The van der Waals surface area contributed by atoms with Crippen molar-refractivity contribution in [1.29, 1.82) is 0 Å². The number of thiazole rings is 1. The Labute approximate surface area is 166 Å². The highest BCUT2D eigenvalue weighted by Crippen LogP contribution is 2.28. The van der Waals surface area contributed by atoms with Crippen molar-refractivity contribution >= 4 is 38.4 Å². The van der Waals surface area contributed by atoms with Gasteiger partial charge in [0.1, 0.15) is 0 Å². The summed E-state index contributed by atoms with van der Waals surface area (Å²) in [4.78, 5) is 29.6. The average Bonchev–Trinajstić information content (AvgIpc) is 3.16. The van der Waals surface area contributed by atoms with Crippen LogP contribution in [0.5, 0.6) is 0 Å². The number of aryl methyl sites for hydroxylation is 1. The maximum Gasteiger partial charge on any atom is 0.257 e. The van der Waals surface area contributed by atoms with Crippen molar-refractivity contribution in [2.75, 3.05) is 5.32 Å². The molecule has 3 aromatic carbocycles. The number of para-hydroxylation sites is 1. The van der Waals surface area contributed by atoms with Crippen LogP contribution in [0.4, 0.5) is 5.13 Å². The van der Waals surface area contributed by atoms with Crippen LogP contribution in [0.25, 0.3) is 10.2 Å². The molecule has 0 unspecified atom stereocenters. The molecule has 0 bridgehead atoms. The van der Waals surface area contributed by atoms with Crippen molar-refractivity contribution in [1.82, 2.24) is 4.98 Å². The minimum Gasteiger partial charge on any atom is -0.298 e. The van der Waals surface area contributed by atoms with Crippen molar-refractivity contribution in [2.24, 2.45) is 0 Å². The Bertz CT molecular complexity index is 1150. The highest BCUT2D eigenvalue weighted by Gasteiger charge is 2.13. The maximum atomic E-state index is 12.6. The first-order chi connectivity index (χ1) is 13.7. The molecule has 0 aliphatic heterocycles. The summed E-state index contributed by atoms with van der Waals surface area (Å²) in [6.45, 7) is 2.09. The van der Waals surface area contributed by atoms with Crippen LogP contribution >= 0.6 is 11.3 Å². The van der Waals surface area contributed by atoms with Crippen LogP contribution in [0.1, 0.15) is 38.8 Å². The molecule has 0 aliphatic carbocycles. The number of nitrogens with one attached hydrogen (secondary N) is 1. The Kier molecular flexibility index (Phi) is 5.00. The molecule has 0 saturated carbocycles. The van der Waals surface area contributed by atoms with Crippen LogP contribution in [-0.4, -0.2) is 16.7 Å². The van der Waals surface area contributed by atoms with Crippen LogP contribution in [-0.2, 0) is 6.42 Å². The van der Waals surface area contributed by atoms with Gasteiger partial charge in [-0.15, -0.1) is 0 Å². The van der Waals surface area contributed by atoms with Crippen LogP contribution in [0.15, 0.2) is 72.8 Å². The SMILES string of the molecule is CCc1cccc2sc(NC(=O)c3ccc(C(=O)c4ccccc4)cc3)nc12. The van der Waals surface area contributed by atoms with Gasteiger partial charge >= 0.3 is 0 Å². The number of nitrogens with zero attached hydrogens (tertiary/aromatic N) is 1. The van der Waals surface area contributed by atoms with E-state index in [1.807, 2.05) is 30.3 Å². The number of ketones is 1. The van der Waals surface area contributed by atoms with Gasteiger partial charge in [-0.05, 0) is 30.2 Å². The number of carbonyl (C=O) groups excluding carboxylic acids is 2. The van der Waals surface area contributed by atoms with Gasteiger partial charge in [-0.25, -0.2) is 4.98 Å². The van der Waals surface area contributed by atoms with E-state index in [0.29, 0.717) is 21.8 Å². The van der Waals surface area contributed by atoms with Crippen molar-refractivity contribution < 1.29 is 9.59 Å². The first-order valence-corrected chi connectivity index (χ1v) is 9.87. The second-order valence-electron chi connectivity index (χ2n) is 6.36. The number of amides is 1. The molecule has 138 valence electrons. The predicted molar refractivity (Wildman–Crippen MR) is 113 cm³/mol. The van der Waals surface area contributed by atoms with Crippen LogP contribution in [0.3, 0.4) is 0 Å². The molecule has 0 atom stereocenters. The summed E-state index contributed by atoms with van der Waals surface area (Å²) in [5.41, 5.74) is 3.77. The molecule has 0 aliphatic rings. The molecule has 4 rings (SSSR count). The lowest BCUT2D eigenvalue weighted by Gasteiger charge is -2.04. The molecule has 4 nitrogen and oxygen atoms in total. The molecule has 4 aromatic rings. The number of anilines is 1. The molecule has 1 heterocycles. The molecular weight excluding hydrogens is 368 g/mol. The van der Waals surface area contributed by atoms with Crippen LogP contribution in [0, 0.1) is 0 Å². The largest absolute Gasteiger partial charge is 0.298 e. The van der Waals surface area contributed by atoms with Gasteiger partial charge in [0.2, 0.25) is 0 Å². The quantitative estimate of drug-likeness (QED) is 0.471. The van der Waals surface area contributed by atoms with Crippen LogP contribution < -0.4 is 5.32 Å². The Balaban J connectivity index is 1.52.